The molecule has 3 rings (SSSR count). The number of nitro benzene ring substituents is 1. The highest BCUT2D eigenvalue weighted by atomic mass is 79.9. The molecule has 3 aromatic carbocycles. The maximum absolute atomic E-state index is 13.1. The molecule has 0 unspecified atom stereocenters. The molecule has 10 heteroatoms. The van der Waals surface area contributed by atoms with Crippen molar-refractivity contribution in [2.24, 2.45) is 0 Å². The summed E-state index contributed by atoms with van der Waals surface area (Å²) in [6.07, 6.45) is 0. The van der Waals surface area contributed by atoms with Crippen molar-refractivity contribution in [3.8, 4) is 0 Å². The largest absolute Gasteiger partial charge is 0.454 e. The molecule has 0 N–H and O–H groups in total. The van der Waals surface area contributed by atoms with Crippen LogP contribution in [0.5, 0.6) is 0 Å². The molecule has 0 spiro atoms. The number of nitro groups is 1. The first-order valence-corrected chi connectivity index (χ1v) is 11.0. The van der Waals surface area contributed by atoms with E-state index < -0.39 is 48.6 Å². The number of carbonyl (C=O) groups excluding carboxylic acids is 2. The summed E-state index contributed by atoms with van der Waals surface area (Å²) in [6, 6.07) is 16.4. The molecule has 0 bridgehead atoms. The summed E-state index contributed by atoms with van der Waals surface area (Å²) in [5, 5.41) is 11.3. The minimum absolute atomic E-state index is 0.316. The summed E-state index contributed by atoms with van der Waals surface area (Å²) in [5.41, 5.74) is -0.628. The number of ketones is 1. The van der Waals surface area contributed by atoms with Gasteiger partial charge in [-0.05, 0) is 30.3 Å². The monoisotopic (exact) mass is 503 g/mol. The smallest absolute Gasteiger partial charge is 0.339 e. The molecular weight excluding hydrogens is 490 g/mol. The highest BCUT2D eigenvalue weighted by molar-refractivity contribution is 9.10. The SMILES string of the molecule is O=C(COC(=O)c1ccccc1S(=O)(=O)c1ccccc1[N+](=O)[O-])c1ccc(Br)cc1. The quantitative estimate of drug-likeness (QED) is 0.204. The first-order valence-electron chi connectivity index (χ1n) is 8.75. The van der Waals surface area contributed by atoms with E-state index in [0.717, 1.165) is 22.7 Å². The van der Waals surface area contributed by atoms with E-state index in [9.17, 15) is 28.1 Å². The Kier molecular flexibility index (Phi) is 6.62. The Morgan fingerprint density at radius 1 is 0.903 bits per heavy atom. The molecule has 0 heterocycles. The molecule has 0 atom stereocenters. The molecule has 0 saturated heterocycles. The van der Waals surface area contributed by atoms with Crippen molar-refractivity contribution in [3.05, 3.63) is 98.5 Å². The van der Waals surface area contributed by atoms with Crippen molar-refractivity contribution in [2.45, 2.75) is 9.79 Å². The third-order valence-corrected chi connectivity index (χ3v) is 6.64. The third kappa shape index (κ3) is 4.86. The van der Waals surface area contributed by atoms with Gasteiger partial charge in [-0.3, -0.25) is 14.9 Å². The number of Topliss-reactive ketones (excluding diaryl/α,β-unsaturated/α-hetero) is 1. The molecule has 0 saturated carbocycles. The molecule has 0 amide bonds. The van der Waals surface area contributed by atoms with Crippen LogP contribution >= 0.6 is 15.9 Å². The average Bonchev–Trinajstić information content (AvgIpc) is 2.77. The number of ether oxygens (including phenoxy) is 1. The Labute approximate surface area is 185 Å². The molecule has 0 aromatic heterocycles. The number of sulfone groups is 1. The van der Waals surface area contributed by atoms with Crippen LogP contribution in [0.15, 0.2) is 87.1 Å². The summed E-state index contributed by atoms with van der Waals surface area (Å²) in [6.45, 7) is -0.597. The fraction of sp³-hybridized carbons (Fsp3) is 0.0476. The lowest BCUT2D eigenvalue weighted by atomic mass is 10.1. The van der Waals surface area contributed by atoms with Crippen LogP contribution in [0.1, 0.15) is 20.7 Å². The van der Waals surface area contributed by atoms with Crippen LogP contribution < -0.4 is 0 Å². The maximum Gasteiger partial charge on any atom is 0.339 e. The number of carbonyl (C=O) groups is 2. The van der Waals surface area contributed by atoms with Crippen molar-refractivity contribution < 1.29 is 27.7 Å². The molecule has 0 aliphatic rings. The van der Waals surface area contributed by atoms with Crippen LogP contribution in [0.4, 0.5) is 5.69 Å². The lowest BCUT2D eigenvalue weighted by Crippen LogP contribution is -2.17. The number of hydrogen-bond donors (Lipinski definition) is 0. The summed E-state index contributed by atoms with van der Waals surface area (Å²) in [5.74, 6) is -1.51. The number of nitrogens with zero attached hydrogens (tertiary/aromatic N) is 1. The maximum atomic E-state index is 13.1. The third-order valence-electron chi connectivity index (χ3n) is 4.25. The van der Waals surface area contributed by atoms with Gasteiger partial charge in [0.25, 0.3) is 5.69 Å². The Morgan fingerprint density at radius 2 is 1.48 bits per heavy atom. The standard InChI is InChI=1S/C21H14BrNO7S/c22-15-11-9-14(10-12-15)18(24)13-30-21(25)16-5-1-3-7-19(16)31(28,29)20-8-4-2-6-17(20)23(26)27/h1-12H,13H2. The van der Waals surface area contributed by atoms with E-state index in [2.05, 4.69) is 15.9 Å². The number of benzene rings is 3. The highest BCUT2D eigenvalue weighted by Crippen LogP contribution is 2.31. The predicted molar refractivity (Wildman–Crippen MR) is 114 cm³/mol. The number of esters is 1. The van der Waals surface area contributed by atoms with Gasteiger partial charge in [-0.1, -0.05) is 52.3 Å². The second-order valence-corrected chi connectivity index (χ2v) is 9.03. The predicted octanol–water partition coefficient (Wildman–Crippen LogP) is 4.23. The van der Waals surface area contributed by atoms with Crippen molar-refractivity contribution in [2.75, 3.05) is 6.61 Å². The van der Waals surface area contributed by atoms with E-state index in [1.165, 1.54) is 30.3 Å². The van der Waals surface area contributed by atoms with Crippen LogP contribution in [-0.2, 0) is 14.6 Å². The lowest BCUT2D eigenvalue weighted by Gasteiger charge is -2.11. The Morgan fingerprint density at radius 3 is 2.13 bits per heavy atom. The fourth-order valence-corrected chi connectivity index (χ4v) is 4.63. The molecule has 0 radical (unpaired) electrons. The molecule has 0 fully saturated rings. The van der Waals surface area contributed by atoms with Crippen LogP contribution in [-0.4, -0.2) is 31.7 Å². The van der Waals surface area contributed by atoms with Crippen molar-refractivity contribution in [1.82, 2.24) is 0 Å². The molecule has 158 valence electrons. The van der Waals surface area contributed by atoms with Gasteiger partial charge in [0.05, 0.1) is 15.4 Å². The molecular formula is C21H14BrNO7S. The minimum atomic E-state index is -4.42. The Bertz CT molecular complexity index is 1270. The molecule has 0 aliphatic heterocycles. The zero-order chi connectivity index (χ0) is 22.6. The van der Waals surface area contributed by atoms with Gasteiger partial charge in [-0.2, -0.15) is 0 Å². The van der Waals surface area contributed by atoms with E-state index in [1.54, 1.807) is 24.3 Å². The van der Waals surface area contributed by atoms with E-state index in [4.69, 9.17) is 4.74 Å². The van der Waals surface area contributed by atoms with Gasteiger partial charge in [0.15, 0.2) is 12.4 Å². The minimum Gasteiger partial charge on any atom is -0.454 e. The van der Waals surface area contributed by atoms with Crippen molar-refractivity contribution in [1.29, 1.82) is 0 Å². The van der Waals surface area contributed by atoms with E-state index in [0.29, 0.717) is 5.56 Å². The molecule has 31 heavy (non-hydrogen) atoms. The summed E-state index contributed by atoms with van der Waals surface area (Å²) in [4.78, 5) is 34.2. The fourth-order valence-electron chi connectivity index (χ4n) is 2.75. The molecule has 0 aliphatic carbocycles. The van der Waals surface area contributed by atoms with E-state index >= 15 is 0 Å². The Balaban J connectivity index is 1.89. The van der Waals surface area contributed by atoms with Gasteiger partial charge >= 0.3 is 5.97 Å². The normalized spacial score (nSPS) is 11.0. The highest BCUT2D eigenvalue weighted by Gasteiger charge is 2.31. The molecule has 3 aromatic rings. The molecule has 8 nitrogen and oxygen atoms in total. The summed E-state index contributed by atoms with van der Waals surface area (Å²) >= 11 is 3.25. The number of rotatable bonds is 7. The van der Waals surface area contributed by atoms with Crippen molar-refractivity contribution >= 4 is 43.2 Å². The van der Waals surface area contributed by atoms with Crippen molar-refractivity contribution in [3.63, 3.8) is 0 Å². The van der Waals surface area contributed by atoms with Gasteiger partial charge in [-0.25, -0.2) is 13.2 Å². The summed E-state index contributed by atoms with van der Waals surface area (Å²) in [7, 11) is -4.42. The topological polar surface area (TPSA) is 121 Å². The first kappa shape index (κ1) is 22.3. The summed E-state index contributed by atoms with van der Waals surface area (Å²) < 4.78 is 32.0. The second-order valence-electron chi connectivity index (χ2n) is 6.23. The number of para-hydroxylation sites is 1. The van der Waals surface area contributed by atoms with Crippen LogP contribution in [0.3, 0.4) is 0 Å². The van der Waals surface area contributed by atoms with E-state index in [1.807, 2.05) is 0 Å². The second kappa shape index (κ2) is 9.19. The first-order chi connectivity index (χ1) is 14.7. The van der Waals surface area contributed by atoms with Gasteiger partial charge in [0.2, 0.25) is 9.84 Å². The van der Waals surface area contributed by atoms with Crippen LogP contribution in [0, 0.1) is 10.1 Å². The average molecular weight is 504 g/mol. The van der Waals surface area contributed by atoms with Crippen LogP contribution in [0.25, 0.3) is 0 Å². The Hall–Kier alpha value is -3.37. The van der Waals surface area contributed by atoms with Gasteiger partial charge in [-0.15, -0.1) is 0 Å². The number of hydrogen-bond acceptors (Lipinski definition) is 7. The van der Waals surface area contributed by atoms with Crippen LogP contribution in [0.2, 0.25) is 0 Å². The number of halogens is 1. The van der Waals surface area contributed by atoms with Gasteiger partial charge in [0.1, 0.15) is 4.90 Å². The zero-order valence-electron chi connectivity index (χ0n) is 15.7. The zero-order valence-corrected chi connectivity index (χ0v) is 18.1. The lowest BCUT2D eigenvalue weighted by molar-refractivity contribution is -0.387. The van der Waals surface area contributed by atoms with Gasteiger partial charge in [0, 0.05) is 16.1 Å². The van der Waals surface area contributed by atoms with Gasteiger partial charge < -0.3 is 4.74 Å². The van der Waals surface area contributed by atoms with E-state index in [-0.39, 0.29) is 5.56 Å².